The van der Waals surface area contributed by atoms with Crippen molar-refractivity contribution in [3.8, 4) is 0 Å². The summed E-state index contributed by atoms with van der Waals surface area (Å²) >= 11 is 5.08. The molecule has 0 radical (unpaired) electrons. The molecule has 0 saturated carbocycles. The number of esters is 1. The smallest absolute Gasteiger partial charge is 0.338 e. The average molecular weight is 289 g/mol. The minimum atomic E-state index is -0.267. The molecule has 0 bridgehead atoms. The van der Waals surface area contributed by atoms with Crippen molar-refractivity contribution in [2.75, 3.05) is 12.4 Å². The van der Waals surface area contributed by atoms with Crippen LogP contribution in [0.5, 0.6) is 0 Å². The lowest BCUT2D eigenvalue weighted by Gasteiger charge is -2.05. The van der Waals surface area contributed by atoms with Gasteiger partial charge in [0.25, 0.3) is 0 Å². The molecule has 0 heterocycles. The maximum atomic E-state index is 11.5. The average Bonchev–Trinajstić information content (AvgIpc) is 2.17. The van der Waals surface area contributed by atoms with E-state index < -0.39 is 0 Å². The summed E-state index contributed by atoms with van der Waals surface area (Å²) in [5.41, 5.74) is 0.599. The summed E-state index contributed by atoms with van der Waals surface area (Å²) in [5.74, 6) is 0.718. The van der Waals surface area contributed by atoms with E-state index in [0.717, 1.165) is 15.1 Å². The zero-order valence-corrected chi connectivity index (χ0v) is 11.2. The van der Waals surface area contributed by atoms with Crippen molar-refractivity contribution in [3.05, 3.63) is 28.2 Å². The number of hydrogen-bond donors (Lipinski definition) is 0. The van der Waals surface area contributed by atoms with E-state index in [1.165, 1.54) is 0 Å². The van der Waals surface area contributed by atoms with Crippen LogP contribution in [0.1, 0.15) is 24.2 Å². The van der Waals surface area contributed by atoms with Crippen LogP contribution in [-0.4, -0.2) is 18.3 Å². The minimum absolute atomic E-state index is 0.267. The first-order chi connectivity index (χ1) is 7.17. The molecule has 2 nitrogen and oxygen atoms in total. The zero-order valence-electron chi connectivity index (χ0n) is 8.75. The van der Waals surface area contributed by atoms with Crippen LogP contribution in [0.3, 0.4) is 0 Å². The fourth-order valence-electron chi connectivity index (χ4n) is 1.14. The number of ether oxygens (including phenoxy) is 1. The Morgan fingerprint density at radius 3 is 2.73 bits per heavy atom. The van der Waals surface area contributed by atoms with Crippen molar-refractivity contribution < 1.29 is 9.53 Å². The molecule has 82 valence electrons. The number of carbonyl (C=O) groups excluding carboxylic acids is 1. The molecular formula is C11H13BrO2S. The molecule has 0 aliphatic heterocycles. The van der Waals surface area contributed by atoms with Crippen LogP contribution in [0.15, 0.2) is 27.6 Å². The first-order valence-electron chi connectivity index (χ1n) is 4.77. The van der Waals surface area contributed by atoms with E-state index in [0.29, 0.717) is 12.2 Å². The third-order valence-corrected chi connectivity index (χ3v) is 3.01. The van der Waals surface area contributed by atoms with Gasteiger partial charge in [-0.3, -0.25) is 0 Å². The van der Waals surface area contributed by atoms with E-state index in [2.05, 4.69) is 22.9 Å². The molecule has 0 amide bonds. The summed E-state index contributed by atoms with van der Waals surface area (Å²) < 4.78 is 5.85. The van der Waals surface area contributed by atoms with Gasteiger partial charge in [0.1, 0.15) is 0 Å². The van der Waals surface area contributed by atoms with Gasteiger partial charge in [-0.2, -0.15) is 0 Å². The third-order valence-electron chi connectivity index (χ3n) is 1.69. The fraction of sp³-hybridized carbons (Fsp3) is 0.364. The van der Waals surface area contributed by atoms with Gasteiger partial charge in [0.15, 0.2) is 0 Å². The third kappa shape index (κ3) is 3.87. The topological polar surface area (TPSA) is 26.3 Å². The summed E-state index contributed by atoms with van der Waals surface area (Å²) in [7, 11) is 0. The van der Waals surface area contributed by atoms with Gasteiger partial charge in [-0.25, -0.2) is 4.79 Å². The second-order valence-corrected chi connectivity index (χ2v) is 5.08. The van der Waals surface area contributed by atoms with Gasteiger partial charge in [-0.15, -0.1) is 11.8 Å². The Hall–Kier alpha value is -0.480. The summed E-state index contributed by atoms with van der Waals surface area (Å²) in [6.07, 6.45) is 0. The van der Waals surface area contributed by atoms with Gasteiger partial charge in [0.05, 0.1) is 12.2 Å². The molecule has 0 unspecified atom stereocenters. The van der Waals surface area contributed by atoms with Gasteiger partial charge < -0.3 is 4.74 Å². The van der Waals surface area contributed by atoms with Gasteiger partial charge in [0, 0.05) is 9.37 Å². The zero-order chi connectivity index (χ0) is 11.3. The normalized spacial score (nSPS) is 10.1. The predicted molar refractivity (Wildman–Crippen MR) is 66.5 cm³/mol. The van der Waals surface area contributed by atoms with Crippen LogP contribution in [0.2, 0.25) is 0 Å². The van der Waals surface area contributed by atoms with E-state index in [1.807, 2.05) is 12.1 Å². The van der Waals surface area contributed by atoms with Crippen molar-refractivity contribution in [3.63, 3.8) is 0 Å². The highest BCUT2D eigenvalue weighted by Crippen LogP contribution is 2.24. The first-order valence-corrected chi connectivity index (χ1v) is 6.55. The molecule has 0 N–H and O–H groups in total. The number of hydrogen-bond acceptors (Lipinski definition) is 3. The van der Waals surface area contributed by atoms with Gasteiger partial charge >= 0.3 is 5.97 Å². The Labute approximate surface area is 103 Å². The van der Waals surface area contributed by atoms with Gasteiger partial charge in [-0.05, 0) is 30.9 Å². The highest BCUT2D eigenvalue weighted by Gasteiger charge is 2.08. The van der Waals surface area contributed by atoms with Crippen molar-refractivity contribution in [1.29, 1.82) is 0 Å². The monoisotopic (exact) mass is 288 g/mol. The minimum Gasteiger partial charge on any atom is -0.462 e. The fourth-order valence-corrected chi connectivity index (χ4v) is 2.54. The summed E-state index contributed by atoms with van der Waals surface area (Å²) in [6, 6.07) is 5.63. The molecule has 0 aromatic heterocycles. The lowest BCUT2D eigenvalue weighted by atomic mass is 10.2. The molecule has 0 aliphatic carbocycles. The van der Waals surface area contributed by atoms with E-state index in [-0.39, 0.29) is 5.97 Å². The molecule has 1 aromatic rings. The van der Waals surface area contributed by atoms with Crippen LogP contribution in [-0.2, 0) is 4.74 Å². The maximum absolute atomic E-state index is 11.5. The Balaban J connectivity index is 2.92. The van der Waals surface area contributed by atoms with Crippen LogP contribution in [0, 0.1) is 0 Å². The first kappa shape index (κ1) is 12.6. The number of halogens is 1. The Kier molecular flexibility index (Phi) is 5.19. The Bertz CT molecular complexity index is 352. The second-order valence-electron chi connectivity index (χ2n) is 2.83. The standard InChI is InChI=1S/C11H13BrO2S/c1-3-14-11(13)8-5-9(12)7-10(6-8)15-4-2/h5-7H,3-4H2,1-2H3. The van der Waals surface area contributed by atoms with Crippen LogP contribution in [0.4, 0.5) is 0 Å². The molecule has 4 heteroatoms. The maximum Gasteiger partial charge on any atom is 0.338 e. The largest absolute Gasteiger partial charge is 0.462 e. The molecule has 0 atom stereocenters. The van der Waals surface area contributed by atoms with Crippen molar-refractivity contribution in [2.24, 2.45) is 0 Å². The van der Waals surface area contributed by atoms with Gasteiger partial charge in [-0.1, -0.05) is 22.9 Å². The molecule has 15 heavy (non-hydrogen) atoms. The number of thioether (sulfide) groups is 1. The lowest BCUT2D eigenvalue weighted by Crippen LogP contribution is -2.04. The Morgan fingerprint density at radius 2 is 2.13 bits per heavy atom. The van der Waals surface area contributed by atoms with E-state index >= 15 is 0 Å². The predicted octanol–water partition coefficient (Wildman–Crippen LogP) is 3.74. The second kappa shape index (κ2) is 6.18. The number of carbonyl (C=O) groups is 1. The Morgan fingerprint density at radius 1 is 1.40 bits per heavy atom. The summed E-state index contributed by atoms with van der Waals surface area (Å²) in [4.78, 5) is 12.6. The van der Waals surface area contributed by atoms with Crippen LogP contribution < -0.4 is 0 Å². The highest BCUT2D eigenvalue weighted by molar-refractivity contribution is 9.10. The van der Waals surface area contributed by atoms with Crippen molar-refractivity contribution in [1.82, 2.24) is 0 Å². The molecule has 0 saturated heterocycles. The molecule has 0 spiro atoms. The SMILES string of the molecule is CCOC(=O)c1cc(Br)cc(SCC)c1. The summed E-state index contributed by atoms with van der Waals surface area (Å²) in [6.45, 7) is 4.29. The molecule has 0 aliphatic rings. The molecule has 0 fully saturated rings. The van der Waals surface area contributed by atoms with E-state index in [4.69, 9.17) is 4.74 Å². The number of rotatable bonds is 4. The van der Waals surface area contributed by atoms with E-state index in [1.54, 1.807) is 24.8 Å². The van der Waals surface area contributed by atoms with E-state index in [9.17, 15) is 4.79 Å². The molecule has 1 rings (SSSR count). The molecule has 1 aromatic carbocycles. The van der Waals surface area contributed by atoms with Gasteiger partial charge in [0.2, 0.25) is 0 Å². The lowest BCUT2D eigenvalue weighted by molar-refractivity contribution is 0.0526. The van der Waals surface area contributed by atoms with Crippen LogP contribution >= 0.6 is 27.7 Å². The highest BCUT2D eigenvalue weighted by atomic mass is 79.9. The van der Waals surface area contributed by atoms with Crippen molar-refractivity contribution in [2.45, 2.75) is 18.7 Å². The summed E-state index contributed by atoms with van der Waals surface area (Å²) in [5, 5.41) is 0. The van der Waals surface area contributed by atoms with Crippen molar-refractivity contribution >= 4 is 33.7 Å². The van der Waals surface area contributed by atoms with Crippen LogP contribution in [0.25, 0.3) is 0 Å². The molecular weight excluding hydrogens is 276 g/mol. The quantitative estimate of drug-likeness (QED) is 0.624. The number of benzene rings is 1.